The normalized spacial score (nSPS) is 16.2. The zero-order valence-corrected chi connectivity index (χ0v) is 18.0. The number of aryl methyl sites for hydroxylation is 1. The van der Waals surface area contributed by atoms with Crippen LogP contribution in [0.1, 0.15) is 46.3 Å². The molecule has 1 amide bonds. The van der Waals surface area contributed by atoms with Crippen molar-refractivity contribution >= 4 is 5.91 Å². The summed E-state index contributed by atoms with van der Waals surface area (Å²) in [5.74, 6) is -0.340. The lowest BCUT2D eigenvalue weighted by Gasteiger charge is -2.23. The van der Waals surface area contributed by atoms with Gasteiger partial charge >= 0.3 is 6.18 Å². The molecule has 0 bridgehead atoms. The molecule has 1 fully saturated rings. The highest BCUT2D eigenvalue weighted by atomic mass is 19.4. The number of likely N-dealkylation sites (tertiary alicyclic amines) is 1. The summed E-state index contributed by atoms with van der Waals surface area (Å²) < 4.78 is 45.6. The molecule has 1 aliphatic heterocycles. The number of carbonyl (C=O) groups is 1. The van der Waals surface area contributed by atoms with Crippen molar-refractivity contribution in [2.75, 3.05) is 6.54 Å². The Morgan fingerprint density at radius 1 is 1.12 bits per heavy atom. The van der Waals surface area contributed by atoms with Gasteiger partial charge in [-0.05, 0) is 43.5 Å². The fourth-order valence-electron chi connectivity index (χ4n) is 4.15. The first-order chi connectivity index (χ1) is 16.3. The molecule has 8 nitrogen and oxygen atoms in total. The minimum Gasteiger partial charge on any atom is -0.337 e. The lowest BCUT2D eigenvalue weighted by Crippen LogP contribution is -2.31. The molecular formula is C23H19F3N6O2. The maximum Gasteiger partial charge on any atom is 0.417 e. The number of aromatic nitrogens is 5. The second-order valence-electron chi connectivity index (χ2n) is 8.00. The van der Waals surface area contributed by atoms with Crippen molar-refractivity contribution in [3.05, 3.63) is 77.4 Å². The Hall–Kier alpha value is -4.02. The van der Waals surface area contributed by atoms with Crippen molar-refractivity contribution < 1.29 is 22.5 Å². The van der Waals surface area contributed by atoms with E-state index in [1.54, 1.807) is 11.0 Å². The number of halogens is 3. The number of benzene rings is 2. The van der Waals surface area contributed by atoms with Gasteiger partial charge < -0.3 is 9.42 Å². The van der Waals surface area contributed by atoms with Crippen molar-refractivity contribution in [3.8, 4) is 17.1 Å². The quantitative estimate of drug-likeness (QED) is 0.434. The highest BCUT2D eigenvalue weighted by molar-refractivity contribution is 5.98. The fraction of sp³-hybridized carbons (Fsp3) is 0.261. The van der Waals surface area contributed by atoms with Crippen LogP contribution in [0, 0.1) is 6.92 Å². The first-order valence-electron chi connectivity index (χ1n) is 10.6. The molecule has 5 rings (SSSR count). The van der Waals surface area contributed by atoms with Gasteiger partial charge in [-0.3, -0.25) is 4.79 Å². The molecule has 1 unspecified atom stereocenters. The second-order valence-corrected chi connectivity index (χ2v) is 8.00. The van der Waals surface area contributed by atoms with Crippen molar-refractivity contribution in [1.29, 1.82) is 0 Å². The van der Waals surface area contributed by atoms with E-state index >= 15 is 0 Å². The van der Waals surface area contributed by atoms with E-state index in [9.17, 15) is 18.0 Å². The summed E-state index contributed by atoms with van der Waals surface area (Å²) in [7, 11) is 0. The van der Waals surface area contributed by atoms with Crippen LogP contribution in [-0.2, 0) is 6.18 Å². The van der Waals surface area contributed by atoms with Gasteiger partial charge in [0, 0.05) is 12.1 Å². The summed E-state index contributed by atoms with van der Waals surface area (Å²) in [4.78, 5) is 20.8. The van der Waals surface area contributed by atoms with Gasteiger partial charge in [-0.15, -0.1) is 0 Å². The SMILES string of the molecule is Cc1ccc(C(=O)N2CCCC2c2nc(-c3ccccc3C(F)(F)F)no2)c(-n2nccn2)c1. The molecule has 0 spiro atoms. The Kier molecular flexibility index (Phi) is 5.39. The third kappa shape index (κ3) is 3.93. The Bertz CT molecular complexity index is 1330. The lowest BCUT2D eigenvalue weighted by atomic mass is 10.1. The third-order valence-electron chi connectivity index (χ3n) is 5.73. The van der Waals surface area contributed by atoms with Crippen molar-refractivity contribution in [3.63, 3.8) is 0 Å². The van der Waals surface area contributed by atoms with E-state index in [0.29, 0.717) is 30.6 Å². The molecule has 2 aromatic heterocycles. The minimum atomic E-state index is -4.56. The van der Waals surface area contributed by atoms with Crippen LogP contribution in [0.25, 0.3) is 17.1 Å². The number of carbonyl (C=O) groups excluding carboxylic acids is 1. The zero-order chi connectivity index (χ0) is 23.9. The van der Waals surface area contributed by atoms with Crippen molar-refractivity contribution in [1.82, 2.24) is 30.0 Å². The fourth-order valence-corrected chi connectivity index (χ4v) is 4.15. The Morgan fingerprint density at radius 2 is 1.88 bits per heavy atom. The molecule has 0 N–H and O–H groups in total. The monoisotopic (exact) mass is 468 g/mol. The molecule has 0 aliphatic carbocycles. The molecule has 1 saturated heterocycles. The van der Waals surface area contributed by atoms with Gasteiger partial charge in [0.25, 0.3) is 5.91 Å². The number of hydrogen-bond acceptors (Lipinski definition) is 6. The molecule has 174 valence electrons. The molecule has 0 saturated carbocycles. The third-order valence-corrected chi connectivity index (χ3v) is 5.73. The van der Waals surface area contributed by atoms with Gasteiger partial charge in [0.15, 0.2) is 0 Å². The Balaban J connectivity index is 1.47. The van der Waals surface area contributed by atoms with Gasteiger partial charge in [-0.25, -0.2) is 0 Å². The summed E-state index contributed by atoms with van der Waals surface area (Å²) >= 11 is 0. The predicted molar refractivity (Wildman–Crippen MR) is 114 cm³/mol. The Labute approximate surface area is 192 Å². The van der Waals surface area contributed by atoms with Crippen LogP contribution in [0.3, 0.4) is 0 Å². The standard InChI is InChI=1S/C23H19F3N6O2/c1-14-8-9-16(19(13-14)32-27-10-11-28-32)22(33)31-12-4-7-18(31)21-29-20(30-34-21)15-5-2-3-6-17(15)23(24,25)26/h2-3,5-6,8-11,13,18H,4,7,12H2,1H3. The Morgan fingerprint density at radius 3 is 2.65 bits per heavy atom. The number of nitrogens with zero attached hydrogens (tertiary/aromatic N) is 6. The molecule has 0 radical (unpaired) electrons. The molecule has 3 heterocycles. The van der Waals surface area contributed by atoms with Crippen LogP contribution >= 0.6 is 0 Å². The summed E-state index contributed by atoms with van der Waals surface area (Å²) in [5, 5.41) is 12.1. The average molecular weight is 468 g/mol. The second kappa shape index (κ2) is 8.40. The maximum absolute atomic E-state index is 13.5. The van der Waals surface area contributed by atoms with E-state index in [0.717, 1.165) is 11.6 Å². The number of amides is 1. The van der Waals surface area contributed by atoms with Gasteiger partial charge in [-0.1, -0.05) is 29.4 Å². The van der Waals surface area contributed by atoms with Crippen molar-refractivity contribution in [2.24, 2.45) is 0 Å². The molecule has 2 aromatic carbocycles. The van der Waals surface area contributed by atoms with Crippen molar-refractivity contribution in [2.45, 2.75) is 32.0 Å². The van der Waals surface area contributed by atoms with Gasteiger partial charge in [0.1, 0.15) is 6.04 Å². The van der Waals surface area contributed by atoms with E-state index < -0.39 is 17.8 Å². The van der Waals surface area contributed by atoms with Crippen LogP contribution in [0.2, 0.25) is 0 Å². The van der Waals surface area contributed by atoms with Crippen LogP contribution < -0.4 is 0 Å². The smallest absolute Gasteiger partial charge is 0.337 e. The predicted octanol–water partition coefficient (Wildman–Crippen LogP) is 4.62. The van der Waals surface area contributed by atoms with E-state index in [1.165, 1.54) is 35.4 Å². The zero-order valence-electron chi connectivity index (χ0n) is 18.0. The largest absolute Gasteiger partial charge is 0.417 e. The minimum absolute atomic E-state index is 0.101. The first kappa shape index (κ1) is 21.8. The summed E-state index contributed by atoms with van der Waals surface area (Å²) in [6.07, 6.45) is -0.277. The molecule has 1 aliphatic rings. The highest BCUT2D eigenvalue weighted by Crippen LogP contribution is 2.38. The molecule has 34 heavy (non-hydrogen) atoms. The molecule has 4 aromatic rings. The number of hydrogen-bond donors (Lipinski definition) is 0. The van der Waals surface area contributed by atoms with Crippen LogP contribution in [-0.4, -0.2) is 42.5 Å². The first-order valence-corrected chi connectivity index (χ1v) is 10.6. The topological polar surface area (TPSA) is 89.9 Å². The van der Waals surface area contributed by atoms with Gasteiger partial charge in [0.05, 0.1) is 29.2 Å². The van der Waals surface area contributed by atoms with E-state index in [1.807, 2.05) is 19.1 Å². The molecule has 11 heteroatoms. The van der Waals surface area contributed by atoms with Gasteiger partial charge in [-0.2, -0.15) is 33.1 Å². The van der Waals surface area contributed by atoms with Crippen LogP contribution in [0.4, 0.5) is 13.2 Å². The van der Waals surface area contributed by atoms with Gasteiger partial charge in [0.2, 0.25) is 11.7 Å². The molecular weight excluding hydrogens is 449 g/mol. The molecule has 1 atom stereocenters. The van der Waals surface area contributed by atoms with E-state index in [-0.39, 0.29) is 23.2 Å². The summed E-state index contributed by atoms with van der Waals surface area (Å²) in [6.45, 7) is 2.35. The summed E-state index contributed by atoms with van der Waals surface area (Å²) in [6, 6.07) is 9.86. The van der Waals surface area contributed by atoms with Crippen LogP contribution in [0.5, 0.6) is 0 Å². The summed E-state index contributed by atoms with van der Waals surface area (Å²) in [5.41, 5.74) is 0.845. The number of rotatable bonds is 4. The van der Waals surface area contributed by atoms with Crippen LogP contribution in [0.15, 0.2) is 59.4 Å². The van der Waals surface area contributed by atoms with E-state index in [2.05, 4.69) is 20.3 Å². The van der Waals surface area contributed by atoms with E-state index in [4.69, 9.17) is 4.52 Å². The lowest BCUT2D eigenvalue weighted by molar-refractivity contribution is -0.137. The highest BCUT2D eigenvalue weighted by Gasteiger charge is 2.37. The average Bonchev–Trinajstić information content (AvgIpc) is 3.59. The number of alkyl halides is 3. The maximum atomic E-state index is 13.5.